The standard InChI is InChI=1S/C19H20N4O2/c24-19(15-7-9-17-18(12-15)21-22-20-17)23-10-11-25-16(13-23)8-6-14-4-2-1-3-5-14/h1-5,7,9,12,16H,6,8,10-11,13H2,(H,20,21,22)/t16-/m1/s1. The number of ether oxygens (including phenoxy) is 1. The molecule has 1 aromatic heterocycles. The van der Waals surface area contributed by atoms with Crippen molar-refractivity contribution in [2.45, 2.75) is 18.9 Å². The summed E-state index contributed by atoms with van der Waals surface area (Å²) in [5, 5.41) is 10.6. The van der Waals surface area contributed by atoms with Gasteiger partial charge in [-0.1, -0.05) is 30.3 Å². The van der Waals surface area contributed by atoms with Gasteiger partial charge in [-0.05, 0) is 36.6 Å². The highest BCUT2D eigenvalue weighted by molar-refractivity contribution is 5.97. The van der Waals surface area contributed by atoms with Gasteiger partial charge in [0.05, 0.1) is 12.7 Å². The van der Waals surface area contributed by atoms with Crippen LogP contribution in [0.3, 0.4) is 0 Å². The van der Waals surface area contributed by atoms with Crippen LogP contribution in [0.5, 0.6) is 0 Å². The minimum Gasteiger partial charge on any atom is -0.375 e. The third-order valence-electron chi connectivity index (χ3n) is 4.59. The average molecular weight is 336 g/mol. The first-order chi connectivity index (χ1) is 12.3. The van der Waals surface area contributed by atoms with Gasteiger partial charge < -0.3 is 9.64 Å². The zero-order valence-electron chi connectivity index (χ0n) is 13.9. The minimum atomic E-state index is 0.0258. The third-order valence-corrected chi connectivity index (χ3v) is 4.59. The summed E-state index contributed by atoms with van der Waals surface area (Å²) in [5.41, 5.74) is 3.41. The Balaban J connectivity index is 1.40. The van der Waals surface area contributed by atoms with Gasteiger partial charge in [0, 0.05) is 18.7 Å². The number of aromatic nitrogens is 3. The summed E-state index contributed by atoms with van der Waals surface area (Å²) in [5.74, 6) is 0.0258. The van der Waals surface area contributed by atoms with Crippen LogP contribution in [-0.4, -0.2) is 52.0 Å². The molecule has 4 rings (SSSR count). The van der Waals surface area contributed by atoms with Crippen molar-refractivity contribution in [2.75, 3.05) is 19.7 Å². The van der Waals surface area contributed by atoms with Crippen LogP contribution in [0.4, 0.5) is 0 Å². The summed E-state index contributed by atoms with van der Waals surface area (Å²) in [4.78, 5) is 14.7. The van der Waals surface area contributed by atoms with Gasteiger partial charge in [0.1, 0.15) is 11.0 Å². The lowest BCUT2D eigenvalue weighted by atomic mass is 10.1. The Morgan fingerprint density at radius 3 is 2.88 bits per heavy atom. The summed E-state index contributed by atoms with van der Waals surface area (Å²) >= 11 is 0. The van der Waals surface area contributed by atoms with Crippen molar-refractivity contribution in [1.29, 1.82) is 0 Å². The van der Waals surface area contributed by atoms with E-state index in [1.807, 2.05) is 35.2 Å². The fourth-order valence-electron chi connectivity index (χ4n) is 3.21. The highest BCUT2D eigenvalue weighted by atomic mass is 16.5. The smallest absolute Gasteiger partial charge is 0.254 e. The summed E-state index contributed by atoms with van der Waals surface area (Å²) in [6.07, 6.45) is 1.95. The molecule has 0 spiro atoms. The van der Waals surface area contributed by atoms with Gasteiger partial charge in [-0.3, -0.25) is 4.79 Å². The van der Waals surface area contributed by atoms with Gasteiger partial charge >= 0.3 is 0 Å². The van der Waals surface area contributed by atoms with Gasteiger partial charge in [0.25, 0.3) is 5.91 Å². The van der Waals surface area contributed by atoms with Crippen LogP contribution in [0.15, 0.2) is 48.5 Å². The molecule has 0 saturated carbocycles. The van der Waals surface area contributed by atoms with Crippen LogP contribution in [0.25, 0.3) is 11.0 Å². The molecule has 0 aliphatic carbocycles. The van der Waals surface area contributed by atoms with E-state index in [0.29, 0.717) is 30.8 Å². The molecule has 2 aromatic carbocycles. The fraction of sp³-hybridized carbons (Fsp3) is 0.316. The molecule has 2 heterocycles. The number of H-pyrrole nitrogens is 1. The first-order valence-electron chi connectivity index (χ1n) is 8.55. The molecule has 1 N–H and O–H groups in total. The molecule has 1 fully saturated rings. The molecule has 1 amide bonds. The van der Waals surface area contributed by atoms with E-state index in [1.165, 1.54) is 5.56 Å². The first kappa shape index (κ1) is 15.8. The van der Waals surface area contributed by atoms with Crippen molar-refractivity contribution in [3.05, 3.63) is 59.7 Å². The van der Waals surface area contributed by atoms with Crippen molar-refractivity contribution in [2.24, 2.45) is 0 Å². The van der Waals surface area contributed by atoms with Crippen molar-refractivity contribution >= 4 is 16.9 Å². The molecule has 0 bridgehead atoms. The van der Waals surface area contributed by atoms with Crippen molar-refractivity contribution < 1.29 is 9.53 Å². The topological polar surface area (TPSA) is 71.1 Å². The Morgan fingerprint density at radius 1 is 1.16 bits per heavy atom. The van der Waals surface area contributed by atoms with E-state index < -0.39 is 0 Å². The summed E-state index contributed by atoms with van der Waals surface area (Å²) in [6, 6.07) is 15.8. The van der Waals surface area contributed by atoms with Gasteiger partial charge in [0.2, 0.25) is 0 Å². The number of aryl methyl sites for hydroxylation is 1. The van der Waals surface area contributed by atoms with Gasteiger partial charge in [-0.2, -0.15) is 15.4 Å². The van der Waals surface area contributed by atoms with E-state index in [1.54, 1.807) is 6.07 Å². The lowest BCUT2D eigenvalue weighted by Crippen LogP contribution is -2.45. The number of nitrogens with zero attached hydrogens (tertiary/aromatic N) is 3. The SMILES string of the molecule is O=C(c1ccc2n[nH]nc2c1)N1CCO[C@H](CCc2ccccc2)C1. The summed E-state index contributed by atoms with van der Waals surface area (Å²) in [7, 11) is 0. The number of morpholine rings is 1. The summed E-state index contributed by atoms with van der Waals surface area (Å²) in [6.45, 7) is 1.83. The molecule has 1 aliphatic rings. The lowest BCUT2D eigenvalue weighted by Gasteiger charge is -2.33. The molecule has 0 unspecified atom stereocenters. The maximum absolute atomic E-state index is 12.8. The van der Waals surface area contributed by atoms with E-state index in [0.717, 1.165) is 18.4 Å². The minimum absolute atomic E-state index is 0.0258. The van der Waals surface area contributed by atoms with Crippen LogP contribution in [0.2, 0.25) is 0 Å². The molecule has 25 heavy (non-hydrogen) atoms. The number of nitrogens with one attached hydrogen (secondary N) is 1. The van der Waals surface area contributed by atoms with Crippen molar-refractivity contribution in [3.63, 3.8) is 0 Å². The van der Waals surface area contributed by atoms with E-state index in [-0.39, 0.29) is 12.0 Å². The number of carbonyl (C=O) groups is 1. The lowest BCUT2D eigenvalue weighted by molar-refractivity contribution is -0.0245. The van der Waals surface area contributed by atoms with Crippen LogP contribution in [-0.2, 0) is 11.2 Å². The normalized spacial score (nSPS) is 17.8. The Hall–Kier alpha value is -2.73. The van der Waals surface area contributed by atoms with Crippen LogP contribution < -0.4 is 0 Å². The summed E-state index contributed by atoms with van der Waals surface area (Å²) < 4.78 is 5.85. The highest BCUT2D eigenvalue weighted by Crippen LogP contribution is 2.17. The number of hydrogen-bond acceptors (Lipinski definition) is 4. The van der Waals surface area contributed by atoms with E-state index >= 15 is 0 Å². The van der Waals surface area contributed by atoms with Crippen LogP contribution in [0.1, 0.15) is 22.3 Å². The Bertz CT molecular complexity index is 862. The fourth-order valence-corrected chi connectivity index (χ4v) is 3.21. The first-order valence-corrected chi connectivity index (χ1v) is 8.55. The molecule has 1 saturated heterocycles. The molecular weight excluding hydrogens is 316 g/mol. The Kier molecular flexibility index (Phi) is 4.43. The molecule has 1 aliphatic heterocycles. The zero-order chi connectivity index (χ0) is 17.1. The van der Waals surface area contributed by atoms with Crippen molar-refractivity contribution in [3.8, 4) is 0 Å². The van der Waals surface area contributed by atoms with Crippen LogP contribution >= 0.6 is 0 Å². The maximum atomic E-state index is 12.8. The molecule has 0 radical (unpaired) electrons. The number of aromatic amines is 1. The van der Waals surface area contributed by atoms with Gasteiger partial charge in [0.15, 0.2) is 0 Å². The number of fused-ring (bicyclic) bond motifs is 1. The number of hydrogen-bond donors (Lipinski definition) is 1. The predicted molar refractivity (Wildman–Crippen MR) is 94.3 cm³/mol. The Morgan fingerprint density at radius 2 is 2.00 bits per heavy atom. The monoisotopic (exact) mass is 336 g/mol. The van der Waals surface area contributed by atoms with E-state index in [4.69, 9.17) is 4.74 Å². The Labute approximate surface area is 145 Å². The maximum Gasteiger partial charge on any atom is 0.254 e. The van der Waals surface area contributed by atoms with Gasteiger partial charge in [-0.15, -0.1) is 0 Å². The van der Waals surface area contributed by atoms with Crippen LogP contribution in [0, 0.1) is 0 Å². The van der Waals surface area contributed by atoms with Gasteiger partial charge in [-0.25, -0.2) is 0 Å². The molecule has 6 heteroatoms. The second-order valence-electron chi connectivity index (χ2n) is 6.30. The van der Waals surface area contributed by atoms with E-state index in [9.17, 15) is 4.79 Å². The molecule has 6 nitrogen and oxygen atoms in total. The number of carbonyl (C=O) groups excluding carboxylic acids is 1. The van der Waals surface area contributed by atoms with E-state index in [2.05, 4.69) is 27.5 Å². The van der Waals surface area contributed by atoms with Crippen molar-refractivity contribution in [1.82, 2.24) is 20.3 Å². The number of rotatable bonds is 4. The largest absolute Gasteiger partial charge is 0.375 e. The third kappa shape index (κ3) is 3.53. The number of amides is 1. The zero-order valence-corrected chi connectivity index (χ0v) is 13.9. The molecule has 128 valence electrons. The molecular formula is C19H20N4O2. The quantitative estimate of drug-likeness (QED) is 0.794. The predicted octanol–water partition coefficient (Wildman–Crippen LogP) is 2.43. The second kappa shape index (κ2) is 7.03. The molecule has 1 atom stereocenters. The second-order valence-corrected chi connectivity index (χ2v) is 6.30. The number of benzene rings is 2. The average Bonchev–Trinajstić information content (AvgIpc) is 3.14. The molecule has 3 aromatic rings. The highest BCUT2D eigenvalue weighted by Gasteiger charge is 2.25.